The maximum absolute atomic E-state index is 13.5. The molecule has 10 aromatic rings. The molecule has 0 bridgehead atoms. The first-order valence-electron chi connectivity index (χ1n) is 25.0. The second kappa shape index (κ2) is 21.9. The van der Waals surface area contributed by atoms with Gasteiger partial charge in [0.15, 0.2) is 0 Å². The van der Waals surface area contributed by atoms with Gasteiger partial charge in [-0.1, -0.05) is 187 Å². The van der Waals surface area contributed by atoms with Gasteiger partial charge >= 0.3 is 0 Å². The summed E-state index contributed by atoms with van der Waals surface area (Å²) in [5, 5.41) is 5.02. The van der Waals surface area contributed by atoms with Gasteiger partial charge in [-0.25, -0.2) is 16.8 Å². The normalized spacial score (nSPS) is 12.5. The molecule has 0 aliphatic heterocycles. The Morgan fingerprint density at radius 3 is 0.961 bits per heavy atom. The van der Waals surface area contributed by atoms with Crippen LogP contribution in [0.1, 0.15) is 113 Å². The number of nitrogens with one attached hydrogen (secondary N) is 1. The van der Waals surface area contributed by atoms with Crippen LogP contribution >= 0.6 is 47.8 Å². The zero-order valence-corrected chi connectivity index (χ0v) is 51.1. The molecular formula is C65H69Br3N2O4S2. The van der Waals surface area contributed by atoms with Crippen LogP contribution in [0.25, 0.3) is 49.3 Å². The Labute approximate surface area is 476 Å². The third-order valence-corrected chi connectivity index (χ3v) is 18.5. The van der Waals surface area contributed by atoms with Crippen LogP contribution in [0.5, 0.6) is 0 Å². The first-order chi connectivity index (χ1) is 34.9. The van der Waals surface area contributed by atoms with Gasteiger partial charge in [0.1, 0.15) is 0 Å². The number of aromatic amines is 1. The summed E-state index contributed by atoms with van der Waals surface area (Å²) >= 11 is 9.93. The van der Waals surface area contributed by atoms with Crippen molar-refractivity contribution in [2.45, 2.75) is 132 Å². The predicted octanol–water partition coefficient (Wildman–Crippen LogP) is 19.6. The van der Waals surface area contributed by atoms with Crippen molar-refractivity contribution in [2.24, 2.45) is 0 Å². The highest BCUT2D eigenvalue weighted by Crippen LogP contribution is 2.39. The van der Waals surface area contributed by atoms with Crippen molar-refractivity contribution in [2.75, 3.05) is 0 Å². The van der Waals surface area contributed by atoms with E-state index in [0.29, 0.717) is 0 Å². The number of aromatic nitrogens is 2. The second-order valence-electron chi connectivity index (χ2n) is 23.3. The highest BCUT2D eigenvalue weighted by molar-refractivity contribution is 9.11. The average Bonchev–Trinajstić information content (AvgIpc) is 3.88. The molecule has 0 saturated carbocycles. The number of H-pyrrole nitrogens is 1. The van der Waals surface area contributed by atoms with Crippen LogP contribution in [0, 0.1) is 0 Å². The van der Waals surface area contributed by atoms with Crippen LogP contribution in [0.4, 0.5) is 0 Å². The van der Waals surface area contributed by atoms with Crippen LogP contribution in [-0.2, 0) is 41.3 Å². The number of halogens is 3. The number of rotatable bonds is 5. The van der Waals surface area contributed by atoms with Crippen LogP contribution in [0.2, 0.25) is 0 Å². The van der Waals surface area contributed by atoms with Crippen molar-refractivity contribution in [1.29, 1.82) is 0 Å². The highest BCUT2D eigenvalue weighted by Gasteiger charge is 2.24. The smallest absolute Gasteiger partial charge is 0.206 e. The standard InChI is InChI=1S/C32H32BrNO2S.C20H25N.C12H8Br2O2S.CH4/c1-31(2,3)21-13-15-29-27(17-21)28-18-22(32(4,5)6)14-16-30(28)34(29)24-10-8-12-26(20-24)37(35,36)25-11-7-9-23(33)19-25;1-19(2,3)13-7-9-17-15(11-13)16-12-14(20(4,5)6)8-10-18(16)21-17;13-9-3-1-5-11(7-9)17(15,16)12-6-2-4-10(14)8-12;/h7-20H,1-6H3;7-12,21H,1-6H3;1-8H;1H4. The number of benzene rings is 8. The molecule has 76 heavy (non-hydrogen) atoms. The second-order valence-corrected chi connectivity index (χ2v) is 30.0. The van der Waals surface area contributed by atoms with Gasteiger partial charge in [0, 0.05) is 51.7 Å². The van der Waals surface area contributed by atoms with Gasteiger partial charge in [-0.3, -0.25) is 0 Å². The molecule has 0 spiro atoms. The molecule has 0 unspecified atom stereocenters. The molecule has 2 aromatic heterocycles. The van der Waals surface area contributed by atoms with E-state index in [1.165, 1.54) is 54.8 Å². The van der Waals surface area contributed by atoms with Gasteiger partial charge < -0.3 is 9.55 Å². The summed E-state index contributed by atoms with van der Waals surface area (Å²) in [4.78, 5) is 4.64. The van der Waals surface area contributed by atoms with Crippen molar-refractivity contribution in [3.8, 4) is 5.69 Å². The number of hydrogen-bond acceptors (Lipinski definition) is 4. The van der Waals surface area contributed by atoms with E-state index in [-0.39, 0.29) is 48.7 Å². The Hall–Kier alpha value is -5.30. The molecule has 10 rings (SSSR count). The fraction of sp³-hybridized carbons (Fsp3) is 0.262. The lowest BCUT2D eigenvalue weighted by atomic mass is 9.85. The summed E-state index contributed by atoms with van der Waals surface area (Å²) in [6.45, 7) is 27.0. The average molecular weight is 1250 g/mol. The van der Waals surface area contributed by atoms with E-state index in [0.717, 1.165) is 30.1 Å². The summed E-state index contributed by atoms with van der Waals surface area (Å²) in [7, 11) is -7.12. The number of hydrogen-bond donors (Lipinski definition) is 1. The Balaban J connectivity index is 0.000000182. The van der Waals surface area contributed by atoms with E-state index in [4.69, 9.17) is 0 Å². The summed E-state index contributed by atoms with van der Waals surface area (Å²) in [6.07, 6.45) is 0. The van der Waals surface area contributed by atoms with Crippen LogP contribution < -0.4 is 0 Å². The molecule has 1 N–H and O–H groups in total. The zero-order chi connectivity index (χ0) is 54.6. The maximum atomic E-state index is 13.5. The molecule has 8 aromatic carbocycles. The molecule has 396 valence electrons. The highest BCUT2D eigenvalue weighted by atomic mass is 79.9. The van der Waals surface area contributed by atoms with Crippen LogP contribution in [0.3, 0.4) is 0 Å². The fourth-order valence-corrected chi connectivity index (χ4v) is 13.4. The molecule has 0 radical (unpaired) electrons. The third-order valence-electron chi connectivity index (χ3n) is 13.5. The van der Waals surface area contributed by atoms with Crippen molar-refractivity contribution < 1.29 is 16.8 Å². The van der Waals surface area contributed by atoms with E-state index >= 15 is 0 Å². The van der Waals surface area contributed by atoms with E-state index in [9.17, 15) is 16.8 Å². The van der Waals surface area contributed by atoms with Gasteiger partial charge in [-0.2, -0.15) is 0 Å². The lowest BCUT2D eigenvalue weighted by Crippen LogP contribution is -2.10. The van der Waals surface area contributed by atoms with Gasteiger partial charge in [-0.05, 0) is 165 Å². The summed E-state index contributed by atoms with van der Waals surface area (Å²) in [5.41, 5.74) is 11.1. The van der Waals surface area contributed by atoms with Crippen LogP contribution in [-0.4, -0.2) is 26.4 Å². The van der Waals surface area contributed by atoms with Gasteiger partial charge in [-0.15, -0.1) is 0 Å². The van der Waals surface area contributed by atoms with Crippen molar-refractivity contribution in [3.63, 3.8) is 0 Å². The Morgan fingerprint density at radius 1 is 0.355 bits per heavy atom. The van der Waals surface area contributed by atoms with E-state index in [1.54, 1.807) is 78.9 Å². The third kappa shape index (κ3) is 12.5. The lowest BCUT2D eigenvalue weighted by Gasteiger charge is -2.19. The minimum atomic E-state index is -3.68. The first-order valence-corrected chi connectivity index (χ1v) is 30.3. The molecule has 0 aliphatic carbocycles. The monoisotopic (exact) mass is 1240 g/mol. The molecular weight excluding hydrogens is 1180 g/mol. The molecule has 2 heterocycles. The molecule has 0 amide bonds. The van der Waals surface area contributed by atoms with Crippen molar-refractivity contribution >= 4 is 111 Å². The van der Waals surface area contributed by atoms with Gasteiger partial charge in [0.25, 0.3) is 0 Å². The van der Waals surface area contributed by atoms with E-state index in [1.807, 2.05) is 18.2 Å². The van der Waals surface area contributed by atoms with Crippen molar-refractivity contribution in [1.82, 2.24) is 9.55 Å². The molecule has 0 saturated heterocycles. The Kier molecular flexibility index (Phi) is 16.8. The SMILES string of the molecule is C.CC(C)(C)c1ccc2[nH]c3ccc(C(C)(C)C)cc3c2c1.CC(C)(C)c1ccc2c(c1)c1cc(C(C)(C)C)ccc1n2-c1cccc(S(=O)(=O)c2cccc(Br)c2)c1.O=S(=O)(c1cccc(Br)c1)c1cccc(Br)c1. The quantitative estimate of drug-likeness (QED) is 0.186. The lowest BCUT2D eigenvalue weighted by molar-refractivity contribution is 0.590. The van der Waals surface area contributed by atoms with Crippen molar-refractivity contribution in [3.05, 3.63) is 206 Å². The molecule has 0 atom stereocenters. The summed E-state index contributed by atoms with van der Waals surface area (Å²) < 4.78 is 56.0. The maximum Gasteiger partial charge on any atom is 0.206 e. The molecule has 6 nitrogen and oxygen atoms in total. The van der Waals surface area contributed by atoms with Gasteiger partial charge in [0.05, 0.1) is 30.6 Å². The predicted molar refractivity (Wildman–Crippen MR) is 331 cm³/mol. The zero-order valence-electron chi connectivity index (χ0n) is 44.7. The minimum absolute atomic E-state index is 0. The van der Waals surface area contributed by atoms with Gasteiger partial charge in [0.2, 0.25) is 19.7 Å². The van der Waals surface area contributed by atoms with E-state index in [2.05, 4.69) is 213 Å². The Morgan fingerprint density at radius 2 is 0.645 bits per heavy atom. The first kappa shape index (κ1) is 58.4. The molecule has 0 aliphatic rings. The topological polar surface area (TPSA) is 89.0 Å². The fourth-order valence-electron chi connectivity index (χ4n) is 9.03. The number of nitrogens with zero attached hydrogens (tertiary/aromatic N) is 1. The molecule has 11 heteroatoms. The number of fused-ring (bicyclic) bond motifs is 6. The van der Waals surface area contributed by atoms with Crippen LogP contribution in [0.15, 0.2) is 203 Å². The largest absolute Gasteiger partial charge is 0.355 e. The summed E-state index contributed by atoms with van der Waals surface area (Å²) in [5.74, 6) is 0. The Bertz CT molecular complexity index is 3820. The van der Waals surface area contributed by atoms with E-state index < -0.39 is 19.7 Å². The molecule has 0 fully saturated rings. The minimum Gasteiger partial charge on any atom is -0.355 e. The summed E-state index contributed by atoms with van der Waals surface area (Å²) in [6, 6.07) is 54.3. The number of sulfone groups is 2.